The second kappa shape index (κ2) is 8.04. The topological polar surface area (TPSA) is 142 Å². The van der Waals surface area contributed by atoms with E-state index in [1.54, 1.807) is 37.3 Å². The number of carbonyl (C=O) groups is 3. The van der Waals surface area contributed by atoms with Gasteiger partial charge < -0.3 is 26.6 Å². The fraction of sp³-hybridized carbons (Fsp3) is 0.312. The average molecular weight is 365 g/mol. The lowest BCUT2D eigenvalue weighted by Gasteiger charge is -2.31. The maximum absolute atomic E-state index is 12.3. The van der Waals surface area contributed by atoms with Gasteiger partial charge in [0, 0.05) is 5.75 Å². The zero-order valence-electron chi connectivity index (χ0n) is 13.4. The van der Waals surface area contributed by atoms with Gasteiger partial charge in [-0.3, -0.25) is 4.79 Å². The standard InChI is InChI=1S/C16H19N3O5S/c1-8-7-25-14(19-11(8)15(21)22)12(16(23)24)18-13(20)10(17)9-5-3-2-4-6-9/h2-6,10,12,14,19H,7,17H2,1H3,(H,18,20)(H,21,22)(H,23,24)/t10-,12+,14+/m1/s1. The summed E-state index contributed by atoms with van der Waals surface area (Å²) in [6, 6.07) is 6.22. The van der Waals surface area contributed by atoms with Gasteiger partial charge in [-0.15, -0.1) is 11.8 Å². The van der Waals surface area contributed by atoms with Crippen LogP contribution in [0.25, 0.3) is 0 Å². The van der Waals surface area contributed by atoms with Crippen molar-refractivity contribution < 1.29 is 24.6 Å². The number of carboxylic acid groups (broad SMARTS) is 2. The third-order valence-corrected chi connectivity index (χ3v) is 5.06. The number of amides is 1. The van der Waals surface area contributed by atoms with Gasteiger partial charge in [0.05, 0.1) is 0 Å². The van der Waals surface area contributed by atoms with Gasteiger partial charge in [0.25, 0.3) is 0 Å². The van der Waals surface area contributed by atoms with Crippen molar-refractivity contribution in [3.63, 3.8) is 0 Å². The average Bonchev–Trinajstić information content (AvgIpc) is 2.59. The van der Waals surface area contributed by atoms with E-state index >= 15 is 0 Å². The predicted octanol–water partition coefficient (Wildman–Crippen LogP) is 0.277. The Morgan fingerprint density at radius 3 is 2.48 bits per heavy atom. The molecule has 0 unspecified atom stereocenters. The lowest BCUT2D eigenvalue weighted by atomic mass is 10.1. The Morgan fingerprint density at radius 1 is 1.28 bits per heavy atom. The zero-order valence-corrected chi connectivity index (χ0v) is 14.2. The molecule has 1 aliphatic heterocycles. The molecule has 25 heavy (non-hydrogen) atoms. The van der Waals surface area contributed by atoms with Gasteiger partial charge in [-0.05, 0) is 18.1 Å². The van der Waals surface area contributed by atoms with Crippen LogP contribution < -0.4 is 16.4 Å². The maximum atomic E-state index is 12.3. The Bertz CT molecular complexity index is 707. The number of benzene rings is 1. The van der Waals surface area contributed by atoms with Crippen LogP contribution in [0.5, 0.6) is 0 Å². The van der Waals surface area contributed by atoms with Gasteiger partial charge in [-0.25, -0.2) is 9.59 Å². The van der Waals surface area contributed by atoms with E-state index in [1.165, 1.54) is 11.8 Å². The fourth-order valence-electron chi connectivity index (χ4n) is 2.34. The molecule has 2 rings (SSSR count). The third-order valence-electron chi connectivity index (χ3n) is 3.71. The first-order valence-corrected chi connectivity index (χ1v) is 8.51. The molecule has 9 heteroatoms. The van der Waals surface area contributed by atoms with Crippen molar-refractivity contribution in [1.82, 2.24) is 10.6 Å². The lowest BCUT2D eigenvalue weighted by molar-refractivity contribution is -0.142. The van der Waals surface area contributed by atoms with E-state index in [-0.39, 0.29) is 5.70 Å². The highest BCUT2D eigenvalue weighted by Gasteiger charge is 2.35. The van der Waals surface area contributed by atoms with Crippen molar-refractivity contribution >= 4 is 29.6 Å². The first kappa shape index (κ1) is 18.8. The minimum Gasteiger partial charge on any atom is -0.480 e. The second-order valence-corrected chi connectivity index (χ2v) is 6.68. The van der Waals surface area contributed by atoms with E-state index in [4.69, 9.17) is 5.73 Å². The monoisotopic (exact) mass is 365 g/mol. The number of nitrogens with two attached hydrogens (primary N) is 1. The summed E-state index contributed by atoms with van der Waals surface area (Å²) in [5.41, 5.74) is 6.99. The highest BCUT2D eigenvalue weighted by Crippen LogP contribution is 2.25. The molecule has 1 amide bonds. The van der Waals surface area contributed by atoms with Gasteiger partial charge >= 0.3 is 11.9 Å². The van der Waals surface area contributed by atoms with Gasteiger partial charge in [-0.2, -0.15) is 0 Å². The van der Waals surface area contributed by atoms with Crippen molar-refractivity contribution in [2.45, 2.75) is 24.4 Å². The summed E-state index contributed by atoms with van der Waals surface area (Å²) in [4.78, 5) is 35.1. The van der Waals surface area contributed by atoms with Crippen molar-refractivity contribution in [3.05, 3.63) is 47.2 Å². The predicted molar refractivity (Wildman–Crippen MR) is 92.7 cm³/mol. The highest BCUT2D eigenvalue weighted by molar-refractivity contribution is 8.00. The molecule has 0 saturated heterocycles. The number of nitrogens with one attached hydrogen (secondary N) is 2. The number of hydrogen-bond donors (Lipinski definition) is 5. The number of carboxylic acids is 2. The summed E-state index contributed by atoms with van der Waals surface area (Å²) >= 11 is 1.21. The van der Waals surface area contributed by atoms with Crippen LogP contribution in [0, 0.1) is 0 Å². The molecule has 3 atom stereocenters. The minimum atomic E-state index is -1.32. The number of hydrogen-bond acceptors (Lipinski definition) is 6. The zero-order chi connectivity index (χ0) is 18.6. The summed E-state index contributed by atoms with van der Waals surface area (Å²) in [6.07, 6.45) is 0. The molecular weight excluding hydrogens is 346 g/mol. The van der Waals surface area contributed by atoms with Crippen LogP contribution in [0.15, 0.2) is 41.6 Å². The molecule has 0 bridgehead atoms. The number of aliphatic carboxylic acids is 2. The van der Waals surface area contributed by atoms with Crippen LogP contribution >= 0.6 is 11.8 Å². The first-order valence-electron chi connectivity index (χ1n) is 7.46. The van der Waals surface area contributed by atoms with Gasteiger partial charge in [0.15, 0.2) is 6.04 Å². The number of rotatable bonds is 6. The largest absolute Gasteiger partial charge is 0.480 e. The molecule has 0 spiro atoms. The molecule has 134 valence electrons. The van der Waals surface area contributed by atoms with E-state index < -0.39 is 35.3 Å². The number of thioether (sulfide) groups is 1. The third kappa shape index (κ3) is 4.52. The van der Waals surface area contributed by atoms with E-state index in [9.17, 15) is 24.6 Å². The highest BCUT2D eigenvalue weighted by atomic mass is 32.2. The molecule has 6 N–H and O–H groups in total. The van der Waals surface area contributed by atoms with Crippen LogP contribution in [-0.2, 0) is 14.4 Å². The Labute approximate surface area is 148 Å². The fourth-order valence-corrected chi connectivity index (χ4v) is 3.49. The van der Waals surface area contributed by atoms with Crippen LogP contribution in [0.1, 0.15) is 18.5 Å². The van der Waals surface area contributed by atoms with Crippen molar-refractivity contribution in [3.8, 4) is 0 Å². The molecule has 0 aliphatic carbocycles. The van der Waals surface area contributed by atoms with Gasteiger partial charge in [-0.1, -0.05) is 30.3 Å². The maximum Gasteiger partial charge on any atom is 0.351 e. The Hall–Kier alpha value is -2.52. The van der Waals surface area contributed by atoms with E-state index in [1.807, 2.05) is 0 Å². The molecule has 1 aromatic rings. The summed E-state index contributed by atoms with van der Waals surface area (Å²) in [6.45, 7) is 1.65. The minimum absolute atomic E-state index is 0.0448. The molecule has 1 heterocycles. The second-order valence-electron chi connectivity index (χ2n) is 5.55. The Balaban J connectivity index is 2.13. The lowest BCUT2D eigenvalue weighted by Crippen LogP contribution is -2.55. The van der Waals surface area contributed by atoms with Crippen molar-refractivity contribution in [2.24, 2.45) is 5.73 Å². The van der Waals surface area contributed by atoms with Crippen LogP contribution in [-0.4, -0.2) is 45.2 Å². The van der Waals surface area contributed by atoms with Gasteiger partial charge in [0.2, 0.25) is 5.91 Å². The van der Waals surface area contributed by atoms with E-state index in [0.717, 1.165) is 0 Å². The smallest absolute Gasteiger partial charge is 0.351 e. The Morgan fingerprint density at radius 2 is 1.92 bits per heavy atom. The summed E-state index contributed by atoms with van der Waals surface area (Å²) in [5, 5.41) is 22.9. The van der Waals surface area contributed by atoms with Crippen LogP contribution in [0.3, 0.4) is 0 Å². The normalized spacial score (nSPS) is 19.5. The van der Waals surface area contributed by atoms with Gasteiger partial charge in [0.1, 0.15) is 17.1 Å². The van der Waals surface area contributed by atoms with Crippen LogP contribution in [0.2, 0.25) is 0 Å². The summed E-state index contributed by atoms with van der Waals surface area (Å²) in [5.74, 6) is -2.74. The van der Waals surface area contributed by atoms with Crippen molar-refractivity contribution in [1.29, 1.82) is 0 Å². The molecule has 0 fully saturated rings. The molecule has 0 aromatic heterocycles. The summed E-state index contributed by atoms with van der Waals surface area (Å²) in [7, 11) is 0. The molecular formula is C16H19N3O5S. The molecule has 0 saturated carbocycles. The Kier molecular flexibility index (Phi) is 6.05. The molecule has 8 nitrogen and oxygen atoms in total. The SMILES string of the molecule is CC1=C(C(=O)O)N[C@H]([C@H](NC(=O)[C@H](N)c2ccccc2)C(=O)O)SC1. The first-order chi connectivity index (χ1) is 11.8. The molecule has 1 aliphatic rings. The summed E-state index contributed by atoms with van der Waals surface area (Å²) < 4.78 is 0. The molecule has 0 radical (unpaired) electrons. The van der Waals surface area contributed by atoms with E-state index in [2.05, 4.69) is 10.6 Å². The van der Waals surface area contributed by atoms with Crippen molar-refractivity contribution in [2.75, 3.05) is 5.75 Å². The van der Waals surface area contributed by atoms with E-state index in [0.29, 0.717) is 16.9 Å². The van der Waals surface area contributed by atoms with Crippen LogP contribution in [0.4, 0.5) is 0 Å². The number of carbonyl (C=O) groups excluding carboxylic acids is 1. The quantitative estimate of drug-likeness (QED) is 0.484. The molecule has 1 aromatic carbocycles.